The molecule has 174 valence electrons. The topological polar surface area (TPSA) is 94.9 Å². The number of nitrogens with one attached hydrogen (secondary N) is 1. The van der Waals surface area contributed by atoms with Gasteiger partial charge >= 0.3 is 6.03 Å². The predicted octanol–water partition coefficient (Wildman–Crippen LogP) is 3.69. The van der Waals surface area contributed by atoms with E-state index in [1.165, 1.54) is 24.1 Å². The van der Waals surface area contributed by atoms with Crippen molar-refractivity contribution >= 4 is 11.7 Å². The lowest BCUT2D eigenvalue weighted by Crippen LogP contribution is -2.45. The Kier molecular flexibility index (Phi) is 7.19. The number of aromatic nitrogens is 1. The van der Waals surface area contributed by atoms with Gasteiger partial charge in [0.15, 0.2) is 5.67 Å². The molecule has 3 rings (SSSR count). The lowest BCUT2D eigenvalue weighted by molar-refractivity contribution is 0.0639. The summed E-state index contributed by atoms with van der Waals surface area (Å²) in [5.74, 6) is -1.02. The van der Waals surface area contributed by atoms with Gasteiger partial charge < -0.3 is 25.2 Å². The molecule has 0 radical (unpaired) electrons. The Bertz CT molecular complexity index is 968. The van der Waals surface area contributed by atoms with E-state index in [1.54, 1.807) is 0 Å². The molecule has 1 aliphatic rings. The van der Waals surface area contributed by atoms with Crippen LogP contribution in [-0.4, -0.2) is 52.9 Å². The van der Waals surface area contributed by atoms with Gasteiger partial charge in [0.1, 0.15) is 23.4 Å². The highest BCUT2D eigenvalue weighted by atomic mass is 19.3. The number of piperidine rings is 1. The summed E-state index contributed by atoms with van der Waals surface area (Å²) in [7, 11) is 1.24. The van der Waals surface area contributed by atoms with E-state index in [0.717, 1.165) is 18.3 Å². The molecule has 1 aromatic carbocycles. The average Bonchev–Trinajstić information content (AvgIpc) is 2.78. The van der Waals surface area contributed by atoms with Crippen molar-refractivity contribution in [1.29, 1.82) is 0 Å². The van der Waals surface area contributed by atoms with Crippen LogP contribution in [0.3, 0.4) is 0 Å². The third-order valence-electron chi connectivity index (χ3n) is 5.41. The van der Waals surface area contributed by atoms with E-state index >= 15 is 4.39 Å². The lowest BCUT2D eigenvalue weighted by atomic mass is 9.89. The zero-order valence-corrected chi connectivity index (χ0v) is 17.2. The van der Waals surface area contributed by atoms with Crippen LogP contribution in [0.4, 0.5) is 28.0 Å². The first-order valence-corrected chi connectivity index (χ1v) is 9.84. The quantitative estimate of drug-likeness (QED) is 0.576. The van der Waals surface area contributed by atoms with Gasteiger partial charge in [-0.25, -0.2) is 22.4 Å². The van der Waals surface area contributed by atoms with Crippen molar-refractivity contribution < 1.29 is 37.3 Å². The molecule has 0 saturated carbocycles. The molecule has 3 N–H and O–H groups in total. The van der Waals surface area contributed by atoms with Gasteiger partial charge in [-0.2, -0.15) is 0 Å². The van der Waals surface area contributed by atoms with Crippen LogP contribution in [0.25, 0.3) is 0 Å². The van der Waals surface area contributed by atoms with Crippen LogP contribution in [0.2, 0.25) is 0 Å². The Hall–Kier alpha value is -2.92. The number of alkyl halides is 3. The van der Waals surface area contributed by atoms with Gasteiger partial charge in [-0.05, 0) is 18.2 Å². The molecule has 2 heterocycles. The molecule has 2 aromatic rings. The van der Waals surface area contributed by atoms with Gasteiger partial charge in [0.25, 0.3) is 6.43 Å². The summed E-state index contributed by atoms with van der Waals surface area (Å²) in [6.45, 7) is -0.685. The molecule has 1 aromatic heterocycles. The first kappa shape index (κ1) is 23.7. The van der Waals surface area contributed by atoms with Crippen LogP contribution >= 0.6 is 0 Å². The number of halogens is 4. The Morgan fingerprint density at radius 2 is 2.00 bits per heavy atom. The molecule has 0 aliphatic carbocycles. The molecule has 7 nitrogen and oxygen atoms in total. The molecular weight excluding hydrogens is 434 g/mol. The molecule has 1 saturated heterocycles. The third kappa shape index (κ3) is 4.94. The predicted molar refractivity (Wildman–Crippen MR) is 107 cm³/mol. The molecule has 1 aliphatic heterocycles. The lowest BCUT2D eigenvalue weighted by Gasteiger charge is -2.36. The summed E-state index contributed by atoms with van der Waals surface area (Å²) in [5.41, 5.74) is -2.57. The molecule has 2 amide bonds. The first-order chi connectivity index (χ1) is 15.2. The van der Waals surface area contributed by atoms with E-state index < -0.39 is 42.3 Å². The fourth-order valence-corrected chi connectivity index (χ4v) is 3.54. The summed E-state index contributed by atoms with van der Waals surface area (Å²) in [5, 5.41) is 21.1. The number of urea groups is 1. The zero-order valence-electron chi connectivity index (χ0n) is 17.2. The van der Waals surface area contributed by atoms with E-state index in [0.29, 0.717) is 0 Å². The van der Waals surface area contributed by atoms with Gasteiger partial charge in [-0.15, -0.1) is 0 Å². The standard InChI is InChI=1S/C21H23F4N3O4/c1-32-17-9-13(2-3-14(17)19(23)24)27-20(31)28-6-4-21(25,5-7-28)18-15(22)8-12(10-26-18)16(30)11-29/h2-3,8-10,16,19,29-30H,4-7,11H2,1H3,(H,27,31)/t16-/m1/s1. The Balaban J connectivity index is 1.66. The second kappa shape index (κ2) is 9.70. The summed E-state index contributed by atoms with van der Waals surface area (Å²) in [4.78, 5) is 17.6. The second-order valence-electron chi connectivity index (χ2n) is 7.44. The Morgan fingerprint density at radius 3 is 2.56 bits per heavy atom. The van der Waals surface area contributed by atoms with Gasteiger partial charge in [0, 0.05) is 49.4 Å². The van der Waals surface area contributed by atoms with E-state index in [4.69, 9.17) is 9.84 Å². The highest BCUT2D eigenvalue weighted by molar-refractivity contribution is 5.89. The number of carbonyl (C=O) groups is 1. The minimum Gasteiger partial charge on any atom is -0.496 e. The number of hydrogen-bond acceptors (Lipinski definition) is 5. The van der Waals surface area contributed by atoms with E-state index in [-0.39, 0.29) is 48.5 Å². The normalized spacial score (nSPS) is 16.7. The van der Waals surface area contributed by atoms with Crippen molar-refractivity contribution in [2.24, 2.45) is 0 Å². The number of methoxy groups -OCH3 is 1. The number of hydrogen-bond donors (Lipinski definition) is 3. The Morgan fingerprint density at radius 1 is 1.31 bits per heavy atom. The van der Waals surface area contributed by atoms with Crippen molar-refractivity contribution in [2.75, 3.05) is 32.1 Å². The van der Waals surface area contributed by atoms with Crippen molar-refractivity contribution in [3.8, 4) is 5.75 Å². The van der Waals surface area contributed by atoms with Crippen molar-refractivity contribution in [3.63, 3.8) is 0 Å². The second-order valence-corrected chi connectivity index (χ2v) is 7.44. The number of rotatable bonds is 6. The van der Waals surface area contributed by atoms with E-state index in [1.807, 2.05) is 0 Å². The summed E-state index contributed by atoms with van der Waals surface area (Å²) < 4.78 is 60.7. The fourth-order valence-electron chi connectivity index (χ4n) is 3.54. The molecule has 0 spiro atoms. The minimum atomic E-state index is -2.73. The van der Waals surface area contributed by atoms with Crippen molar-refractivity contribution in [2.45, 2.75) is 31.0 Å². The molecule has 32 heavy (non-hydrogen) atoms. The van der Waals surface area contributed by atoms with E-state index in [2.05, 4.69) is 10.3 Å². The third-order valence-corrected chi connectivity index (χ3v) is 5.41. The SMILES string of the molecule is COc1cc(NC(=O)N2CCC(F)(c3ncc([C@H](O)CO)cc3F)CC2)ccc1C(F)F. The van der Waals surface area contributed by atoms with Crippen molar-refractivity contribution in [3.05, 3.63) is 53.1 Å². The van der Waals surface area contributed by atoms with Crippen LogP contribution in [-0.2, 0) is 5.67 Å². The van der Waals surface area contributed by atoms with Crippen LogP contribution in [0.5, 0.6) is 5.75 Å². The minimum absolute atomic E-state index is 0.0300. The number of nitrogens with zero attached hydrogens (tertiary/aromatic N) is 2. The van der Waals surface area contributed by atoms with Gasteiger partial charge in [-0.3, -0.25) is 4.98 Å². The molecule has 11 heteroatoms. The van der Waals surface area contributed by atoms with Crippen LogP contribution in [0, 0.1) is 5.82 Å². The molecule has 1 fully saturated rings. The molecule has 1 atom stereocenters. The number of anilines is 1. The largest absolute Gasteiger partial charge is 0.496 e. The maximum absolute atomic E-state index is 15.4. The van der Waals surface area contributed by atoms with Crippen LogP contribution < -0.4 is 10.1 Å². The zero-order chi connectivity index (χ0) is 23.5. The van der Waals surface area contributed by atoms with Gasteiger partial charge in [0.2, 0.25) is 0 Å². The maximum Gasteiger partial charge on any atom is 0.321 e. The number of amides is 2. The van der Waals surface area contributed by atoms with Crippen LogP contribution in [0.15, 0.2) is 30.5 Å². The first-order valence-electron chi connectivity index (χ1n) is 9.84. The molecular formula is C21H23F4N3O4. The summed E-state index contributed by atoms with van der Waals surface area (Å²) in [6, 6.07) is 4.10. The number of benzene rings is 1. The number of pyridine rings is 1. The summed E-state index contributed by atoms with van der Waals surface area (Å²) >= 11 is 0. The number of aliphatic hydroxyl groups is 2. The summed E-state index contributed by atoms with van der Waals surface area (Å²) in [6.07, 6.45) is -3.36. The number of ether oxygens (including phenoxy) is 1. The van der Waals surface area contributed by atoms with E-state index in [9.17, 15) is 23.1 Å². The van der Waals surface area contributed by atoms with Gasteiger partial charge in [0.05, 0.1) is 19.3 Å². The fraction of sp³-hybridized carbons (Fsp3) is 0.429. The number of carbonyl (C=O) groups excluding carboxylic acids is 1. The smallest absolute Gasteiger partial charge is 0.321 e. The highest BCUT2D eigenvalue weighted by Crippen LogP contribution is 2.38. The average molecular weight is 457 g/mol. The maximum atomic E-state index is 15.4. The van der Waals surface area contributed by atoms with Crippen molar-refractivity contribution in [1.82, 2.24) is 9.88 Å². The Labute approximate surface area is 181 Å². The molecule has 0 unspecified atom stereocenters. The van der Waals surface area contributed by atoms with Crippen LogP contribution in [0.1, 0.15) is 42.2 Å². The number of likely N-dealkylation sites (tertiary alicyclic amines) is 1. The number of aliphatic hydroxyl groups excluding tert-OH is 2. The monoisotopic (exact) mass is 457 g/mol. The van der Waals surface area contributed by atoms with Gasteiger partial charge in [-0.1, -0.05) is 0 Å². The highest BCUT2D eigenvalue weighted by Gasteiger charge is 2.41. The molecule has 0 bridgehead atoms.